The summed E-state index contributed by atoms with van der Waals surface area (Å²) in [5.41, 5.74) is 1.11. The molecule has 2 amide bonds. The summed E-state index contributed by atoms with van der Waals surface area (Å²) in [5.74, 6) is -0.493. The van der Waals surface area contributed by atoms with E-state index in [9.17, 15) is 19.2 Å². The van der Waals surface area contributed by atoms with Gasteiger partial charge in [-0.1, -0.05) is 13.8 Å². The first-order valence-electron chi connectivity index (χ1n) is 10.1. The molecule has 1 aliphatic carbocycles. The average Bonchev–Trinajstić information content (AvgIpc) is 2.63. The Morgan fingerprint density at radius 2 is 1.68 bits per heavy atom. The van der Waals surface area contributed by atoms with Crippen LogP contribution in [-0.4, -0.2) is 42.8 Å². The van der Waals surface area contributed by atoms with Crippen molar-refractivity contribution >= 4 is 23.6 Å². The van der Waals surface area contributed by atoms with Crippen molar-refractivity contribution in [2.24, 2.45) is 11.8 Å². The highest BCUT2D eigenvalue weighted by Crippen LogP contribution is 2.30. The lowest BCUT2D eigenvalue weighted by Gasteiger charge is -2.26. The van der Waals surface area contributed by atoms with Crippen LogP contribution in [-0.2, 0) is 19.1 Å². The molecule has 0 radical (unpaired) electrons. The van der Waals surface area contributed by atoms with E-state index in [1.54, 1.807) is 20.8 Å². The van der Waals surface area contributed by atoms with E-state index in [4.69, 9.17) is 4.74 Å². The second kappa shape index (κ2) is 11.6. The monoisotopic (exact) mass is 394 g/mol. The Hall–Kier alpha value is -2.18. The number of amides is 2. The molecular formula is C21H34N2O5. The summed E-state index contributed by atoms with van der Waals surface area (Å²) >= 11 is 0. The third-order valence-electron chi connectivity index (χ3n) is 5.05. The van der Waals surface area contributed by atoms with E-state index in [-0.39, 0.29) is 42.0 Å². The number of hydrogen-bond acceptors (Lipinski definition) is 5. The second-order valence-electron chi connectivity index (χ2n) is 7.75. The molecule has 0 saturated heterocycles. The maximum absolute atomic E-state index is 12.4. The third kappa shape index (κ3) is 7.44. The molecule has 1 rings (SSSR count). The Kier molecular flexibility index (Phi) is 9.90. The highest BCUT2D eigenvalue weighted by atomic mass is 16.5. The van der Waals surface area contributed by atoms with Gasteiger partial charge < -0.3 is 15.4 Å². The number of carbonyl (C=O) groups is 4. The maximum atomic E-state index is 12.4. The topological polar surface area (TPSA) is 102 Å². The molecule has 0 heterocycles. The van der Waals surface area contributed by atoms with Gasteiger partial charge in [-0.05, 0) is 52.0 Å². The summed E-state index contributed by atoms with van der Waals surface area (Å²) in [7, 11) is 0. The molecule has 158 valence electrons. The normalized spacial score (nSPS) is 19.8. The molecule has 2 N–H and O–H groups in total. The van der Waals surface area contributed by atoms with Crippen molar-refractivity contribution in [2.75, 3.05) is 13.2 Å². The number of Topliss-reactive ketones (excluding diaryl/α,β-unsaturated/α-hetero) is 2. The smallest absolute Gasteiger partial charge is 0.407 e. The molecule has 2 atom stereocenters. The van der Waals surface area contributed by atoms with Crippen LogP contribution in [0, 0.1) is 11.8 Å². The molecule has 0 aromatic rings. The summed E-state index contributed by atoms with van der Waals surface area (Å²) in [6, 6.07) is 0.133. The standard InChI is InChI=1S/C21H34N2O5/c1-13(2)23-18(24)10-6-7-11-22-21(27)28-12-8-9-17-16(5)19(25)14(3)15(4)20(17)26/h13-15H,6-12H2,1-5H3,(H,22,27)(H,23,24). The van der Waals surface area contributed by atoms with Crippen LogP contribution in [0.3, 0.4) is 0 Å². The van der Waals surface area contributed by atoms with Crippen molar-refractivity contribution < 1.29 is 23.9 Å². The molecule has 0 bridgehead atoms. The average molecular weight is 395 g/mol. The number of nitrogens with one attached hydrogen (secondary N) is 2. The summed E-state index contributed by atoms with van der Waals surface area (Å²) in [6.45, 7) is 9.73. The van der Waals surface area contributed by atoms with Crippen LogP contribution in [0.1, 0.15) is 66.7 Å². The molecule has 0 aromatic carbocycles. The lowest BCUT2D eigenvalue weighted by molar-refractivity contribution is -0.129. The van der Waals surface area contributed by atoms with Crippen LogP contribution < -0.4 is 10.6 Å². The van der Waals surface area contributed by atoms with Gasteiger partial charge in [0.1, 0.15) is 0 Å². The number of alkyl carbamates (subject to hydrolysis) is 1. The lowest BCUT2D eigenvalue weighted by Crippen LogP contribution is -2.34. The Morgan fingerprint density at radius 1 is 1.04 bits per heavy atom. The maximum Gasteiger partial charge on any atom is 0.407 e. The van der Waals surface area contributed by atoms with Gasteiger partial charge in [-0.15, -0.1) is 0 Å². The Morgan fingerprint density at radius 3 is 2.32 bits per heavy atom. The minimum atomic E-state index is -0.509. The van der Waals surface area contributed by atoms with Gasteiger partial charge in [0.05, 0.1) is 6.61 Å². The Bertz CT molecular complexity index is 624. The van der Waals surface area contributed by atoms with Crippen molar-refractivity contribution in [1.29, 1.82) is 0 Å². The number of rotatable bonds is 10. The van der Waals surface area contributed by atoms with E-state index in [0.29, 0.717) is 49.8 Å². The molecule has 0 spiro atoms. The van der Waals surface area contributed by atoms with Gasteiger partial charge >= 0.3 is 6.09 Å². The first-order chi connectivity index (χ1) is 13.1. The van der Waals surface area contributed by atoms with Crippen molar-refractivity contribution in [2.45, 2.75) is 72.8 Å². The van der Waals surface area contributed by atoms with Gasteiger partial charge in [0.2, 0.25) is 5.91 Å². The number of allylic oxidation sites excluding steroid dienone is 2. The zero-order chi connectivity index (χ0) is 21.3. The van der Waals surface area contributed by atoms with E-state index >= 15 is 0 Å². The summed E-state index contributed by atoms with van der Waals surface area (Å²) in [4.78, 5) is 47.7. The number of ether oxygens (including phenoxy) is 1. The molecule has 2 unspecified atom stereocenters. The van der Waals surface area contributed by atoms with E-state index < -0.39 is 6.09 Å². The SMILES string of the molecule is CC1=C(CCCOC(=O)NCCCCC(=O)NC(C)C)C(=O)C(C)C(C)C1=O. The van der Waals surface area contributed by atoms with Crippen LogP contribution in [0.4, 0.5) is 4.79 Å². The fourth-order valence-electron chi connectivity index (χ4n) is 3.17. The van der Waals surface area contributed by atoms with Gasteiger partial charge in [-0.3, -0.25) is 14.4 Å². The number of unbranched alkanes of at least 4 members (excludes halogenated alkanes) is 1. The molecule has 1 aliphatic rings. The van der Waals surface area contributed by atoms with Crippen molar-refractivity contribution in [3.8, 4) is 0 Å². The van der Waals surface area contributed by atoms with E-state index in [1.165, 1.54) is 0 Å². The fourth-order valence-corrected chi connectivity index (χ4v) is 3.17. The van der Waals surface area contributed by atoms with E-state index in [1.807, 2.05) is 13.8 Å². The molecule has 0 aromatic heterocycles. The molecular weight excluding hydrogens is 360 g/mol. The lowest BCUT2D eigenvalue weighted by atomic mass is 9.75. The molecule has 0 saturated carbocycles. The molecule has 0 aliphatic heterocycles. The van der Waals surface area contributed by atoms with Crippen LogP contribution in [0.15, 0.2) is 11.1 Å². The minimum absolute atomic E-state index is 0.0154. The van der Waals surface area contributed by atoms with Gasteiger partial charge in [0.15, 0.2) is 11.6 Å². The predicted molar refractivity (Wildman–Crippen MR) is 107 cm³/mol. The largest absolute Gasteiger partial charge is 0.450 e. The van der Waals surface area contributed by atoms with Gasteiger partial charge in [-0.2, -0.15) is 0 Å². The molecule has 7 heteroatoms. The summed E-state index contributed by atoms with van der Waals surface area (Å²) in [5, 5.41) is 5.47. The second-order valence-corrected chi connectivity index (χ2v) is 7.75. The zero-order valence-electron chi connectivity index (χ0n) is 17.7. The van der Waals surface area contributed by atoms with Gasteiger partial charge in [0, 0.05) is 36.4 Å². The first kappa shape index (κ1) is 23.9. The molecule has 28 heavy (non-hydrogen) atoms. The fraction of sp³-hybridized carbons (Fsp3) is 0.714. The number of ketones is 2. The van der Waals surface area contributed by atoms with Crippen LogP contribution in [0.2, 0.25) is 0 Å². The van der Waals surface area contributed by atoms with Crippen molar-refractivity contribution in [1.82, 2.24) is 10.6 Å². The minimum Gasteiger partial charge on any atom is -0.450 e. The van der Waals surface area contributed by atoms with Crippen LogP contribution in [0.5, 0.6) is 0 Å². The Balaban J connectivity index is 2.21. The number of hydrogen-bond donors (Lipinski definition) is 2. The zero-order valence-corrected chi connectivity index (χ0v) is 17.7. The van der Waals surface area contributed by atoms with E-state index in [2.05, 4.69) is 10.6 Å². The highest BCUT2D eigenvalue weighted by molar-refractivity contribution is 6.13. The molecule has 7 nitrogen and oxygen atoms in total. The predicted octanol–water partition coefficient (Wildman–Crippen LogP) is 2.93. The van der Waals surface area contributed by atoms with E-state index in [0.717, 1.165) is 0 Å². The summed E-state index contributed by atoms with van der Waals surface area (Å²) < 4.78 is 5.11. The van der Waals surface area contributed by atoms with Gasteiger partial charge in [0.25, 0.3) is 0 Å². The van der Waals surface area contributed by atoms with Crippen LogP contribution >= 0.6 is 0 Å². The van der Waals surface area contributed by atoms with Crippen molar-refractivity contribution in [3.63, 3.8) is 0 Å². The third-order valence-corrected chi connectivity index (χ3v) is 5.05. The first-order valence-corrected chi connectivity index (χ1v) is 10.1. The highest BCUT2D eigenvalue weighted by Gasteiger charge is 2.35. The Labute approximate surface area is 167 Å². The van der Waals surface area contributed by atoms with Crippen molar-refractivity contribution in [3.05, 3.63) is 11.1 Å². The number of carbonyl (C=O) groups excluding carboxylic acids is 4. The van der Waals surface area contributed by atoms with Crippen LogP contribution in [0.25, 0.3) is 0 Å². The molecule has 0 fully saturated rings. The summed E-state index contributed by atoms with van der Waals surface area (Å²) in [6.07, 6.45) is 2.25. The quantitative estimate of drug-likeness (QED) is 0.555. The van der Waals surface area contributed by atoms with Gasteiger partial charge in [-0.25, -0.2) is 4.79 Å².